The predicted molar refractivity (Wildman–Crippen MR) is 99.9 cm³/mol. The lowest BCUT2D eigenvalue weighted by Crippen LogP contribution is -2.14. The summed E-state index contributed by atoms with van der Waals surface area (Å²) in [5.41, 5.74) is -0.311. The van der Waals surface area contributed by atoms with E-state index in [-0.39, 0.29) is 11.5 Å². The molecular weight excluding hydrogens is 363 g/mol. The standard InChI is InChI=1S/C18H17F5N2.C2H6/c1-11-4-6-15(7-5-11)24-12(2)25-16-9-13(17(3,19)20)8-14(10-16)18(21,22)23;1-2/h4-10,24-25H,2H2,1,3H3;1-2H3. The summed E-state index contributed by atoms with van der Waals surface area (Å²) in [7, 11) is 0. The van der Waals surface area contributed by atoms with E-state index >= 15 is 0 Å². The first-order valence-electron chi connectivity index (χ1n) is 8.35. The molecule has 0 aromatic heterocycles. The van der Waals surface area contributed by atoms with Crippen molar-refractivity contribution in [3.8, 4) is 0 Å². The monoisotopic (exact) mass is 386 g/mol. The fourth-order valence-corrected chi connectivity index (χ4v) is 2.13. The van der Waals surface area contributed by atoms with Crippen LogP contribution in [0, 0.1) is 6.92 Å². The van der Waals surface area contributed by atoms with Crippen LogP contribution in [-0.4, -0.2) is 0 Å². The lowest BCUT2D eigenvalue weighted by atomic mass is 10.0. The molecule has 2 rings (SSSR count). The molecule has 2 N–H and O–H groups in total. The zero-order valence-electron chi connectivity index (χ0n) is 15.6. The van der Waals surface area contributed by atoms with Gasteiger partial charge in [0, 0.05) is 23.9 Å². The lowest BCUT2D eigenvalue weighted by Gasteiger charge is -2.18. The van der Waals surface area contributed by atoms with Gasteiger partial charge in [0.05, 0.1) is 5.56 Å². The SMILES string of the molecule is C=C(Nc1ccc(C)cc1)Nc1cc(C(C)(F)F)cc(C(F)(F)F)c1.CC. The Labute approximate surface area is 156 Å². The second-order valence-corrected chi connectivity index (χ2v) is 5.78. The van der Waals surface area contributed by atoms with E-state index in [1.165, 1.54) is 0 Å². The van der Waals surface area contributed by atoms with Crippen molar-refractivity contribution in [3.05, 3.63) is 71.6 Å². The molecule has 148 valence electrons. The highest BCUT2D eigenvalue weighted by atomic mass is 19.4. The first-order chi connectivity index (χ1) is 12.4. The fraction of sp³-hybridized carbons (Fsp3) is 0.300. The van der Waals surface area contributed by atoms with Crippen molar-refractivity contribution in [1.29, 1.82) is 0 Å². The van der Waals surface area contributed by atoms with Crippen LogP contribution in [0.5, 0.6) is 0 Å². The number of alkyl halides is 5. The molecule has 0 heterocycles. The van der Waals surface area contributed by atoms with Gasteiger partial charge in [-0.3, -0.25) is 0 Å². The highest BCUT2D eigenvalue weighted by Gasteiger charge is 2.34. The van der Waals surface area contributed by atoms with Gasteiger partial charge >= 0.3 is 6.18 Å². The molecule has 0 bridgehead atoms. The van der Waals surface area contributed by atoms with Crippen LogP contribution in [0.4, 0.5) is 33.3 Å². The van der Waals surface area contributed by atoms with Gasteiger partial charge in [-0.1, -0.05) is 38.1 Å². The quantitative estimate of drug-likeness (QED) is 0.533. The number of aryl methyl sites for hydroxylation is 1. The largest absolute Gasteiger partial charge is 0.416 e. The summed E-state index contributed by atoms with van der Waals surface area (Å²) in [6.45, 7) is 10.1. The van der Waals surface area contributed by atoms with Gasteiger partial charge in [0.15, 0.2) is 0 Å². The Balaban J connectivity index is 0.00000176. The van der Waals surface area contributed by atoms with Gasteiger partial charge in [-0.15, -0.1) is 0 Å². The Morgan fingerprint density at radius 2 is 1.30 bits per heavy atom. The molecule has 0 fully saturated rings. The molecule has 0 aliphatic carbocycles. The Morgan fingerprint density at radius 1 is 0.815 bits per heavy atom. The van der Waals surface area contributed by atoms with Crippen molar-refractivity contribution in [3.63, 3.8) is 0 Å². The van der Waals surface area contributed by atoms with E-state index in [1.54, 1.807) is 12.1 Å². The molecule has 0 aliphatic rings. The van der Waals surface area contributed by atoms with Gasteiger partial charge in [-0.2, -0.15) is 13.2 Å². The first-order valence-corrected chi connectivity index (χ1v) is 8.35. The lowest BCUT2D eigenvalue weighted by molar-refractivity contribution is -0.137. The molecule has 2 aromatic carbocycles. The highest BCUT2D eigenvalue weighted by Crippen LogP contribution is 2.36. The first kappa shape index (κ1) is 22.5. The van der Waals surface area contributed by atoms with E-state index in [9.17, 15) is 22.0 Å². The van der Waals surface area contributed by atoms with Gasteiger partial charge < -0.3 is 10.6 Å². The maximum absolute atomic E-state index is 13.5. The summed E-state index contributed by atoms with van der Waals surface area (Å²) in [5.74, 6) is -3.24. The topological polar surface area (TPSA) is 24.1 Å². The number of benzene rings is 2. The summed E-state index contributed by atoms with van der Waals surface area (Å²) in [5, 5.41) is 5.45. The average molecular weight is 386 g/mol. The molecule has 0 unspecified atom stereocenters. The van der Waals surface area contributed by atoms with E-state index in [0.29, 0.717) is 18.7 Å². The molecule has 0 spiro atoms. The van der Waals surface area contributed by atoms with Gasteiger partial charge in [0.1, 0.15) is 5.82 Å². The fourth-order valence-electron chi connectivity index (χ4n) is 2.13. The van der Waals surface area contributed by atoms with Crippen molar-refractivity contribution in [2.75, 3.05) is 10.6 Å². The molecular formula is C20H23F5N2. The van der Waals surface area contributed by atoms with Crippen LogP contribution in [-0.2, 0) is 12.1 Å². The van der Waals surface area contributed by atoms with E-state index in [1.807, 2.05) is 32.9 Å². The van der Waals surface area contributed by atoms with Crippen LogP contribution in [0.3, 0.4) is 0 Å². The maximum Gasteiger partial charge on any atom is 0.416 e. The minimum atomic E-state index is -4.73. The second kappa shape index (κ2) is 8.88. The Hall–Kier alpha value is -2.57. The van der Waals surface area contributed by atoms with E-state index in [0.717, 1.165) is 17.7 Å². The predicted octanol–water partition coefficient (Wildman–Crippen LogP) is 7.15. The molecule has 0 saturated heterocycles. The number of hydrogen-bond donors (Lipinski definition) is 2. The van der Waals surface area contributed by atoms with E-state index < -0.39 is 23.2 Å². The van der Waals surface area contributed by atoms with Crippen molar-refractivity contribution in [2.24, 2.45) is 0 Å². The minimum Gasteiger partial charge on any atom is -0.342 e. The van der Waals surface area contributed by atoms with Crippen molar-refractivity contribution >= 4 is 11.4 Å². The number of nitrogens with one attached hydrogen (secondary N) is 2. The van der Waals surface area contributed by atoms with Gasteiger partial charge in [0.2, 0.25) is 0 Å². The summed E-state index contributed by atoms with van der Waals surface area (Å²) >= 11 is 0. The van der Waals surface area contributed by atoms with Crippen molar-refractivity contribution in [2.45, 2.75) is 39.8 Å². The Kier molecular flexibility index (Phi) is 7.39. The third kappa shape index (κ3) is 6.92. The van der Waals surface area contributed by atoms with E-state index in [4.69, 9.17) is 0 Å². The molecule has 0 atom stereocenters. The summed E-state index contributed by atoms with van der Waals surface area (Å²) in [4.78, 5) is 0. The average Bonchev–Trinajstić information content (AvgIpc) is 2.57. The normalized spacial score (nSPS) is 11.3. The third-order valence-corrected chi connectivity index (χ3v) is 3.41. The minimum absolute atomic E-state index is 0.129. The number of anilines is 2. The molecule has 0 saturated carbocycles. The van der Waals surface area contributed by atoms with Gasteiger partial charge in [-0.25, -0.2) is 8.78 Å². The van der Waals surface area contributed by atoms with Crippen LogP contribution in [0.15, 0.2) is 54.9 Å². The zero-order valence-corrected chi connectivity index (χ0v) is 15.6. The zero-order chi connectivity index (χ0) is 20.8. The van der Waals surface area contributed by atoms with Crippen molar-refractivity contribution in [1.82, 2.24) is 0 Å². The van der Waals surface area contributed by atoms with Crippen molar-refractivity contribution < 1.29 is 22.0 Å². The summed E-state index contributed by atoms with van der Waals surface area (Å²) in [6, 6.07) is 9.39. The van der Waals surface area contributed by atoms with Gasteiger partial charge in [0.25, 0.3) is 5.92 Å². The van der Waals surface area contributed by atoms with Crippen LogP contribution in [0.2, 0.25) is 0 Å². The molecule has 27 heavy (non-hydrogen) atoms. The highest BCUT2D eigenvalue weighted by molar-refractivity contribution is 5.58. The third-order valence-electron chi connectivity index (χ3n) is 3.41. The number of hydrogen-bond acceptors (Lipinski definition) is 2. The molecule has 0 amide bonds. The Bertz CT molecular complexity index is 727. The number of halogens is 5. The van der Waals surface area contributed by atoms with Crippen LogP contribution < -0.4 is 10.6 Å². The molecule has 2 aromatic rings. The Morgan fingerprint density at radius 3 is 1.78 bits per heavy atom. The van der Waals surface area contributed by atoms with Gasteiger partial charge in [-0.05, 0) is 37.3 Å². The molecule has 7 heteroatoms. The molecule has 0 aliphatic heterocycles. The summed E-state index contributed by atoms with van der Waals surface area (Å²) < 4.78 is 65.8. The van der Waals surface area contributed by atoms with Crippen LogP contribution in [0.1, 0.15) is 37.5 Å². The molecule has 0 radical (unpaired) electrons. The van der Waals surface area contributed by atoms with Crippen LogP contribution >= 0.6 is 0 Å². The van der Waals surface area contributed by atoms with E-state index in [2.05, 4.69) is 17.2 Å². The second-order valence-electron chi connectivity index (χ2n) is 5.78. The van der Waals surface area contributed by atoms with Crippen LogP contribution in [0.25, 0.3) is 0 Å². The number of rotatable bonds is 5. The smallest absolute Gasteiger partial charge is 0.342 e. The summed E-state index contributed by atoms with van der Waals surface area (Å²) in [6.07, 6.45) is -4.73. The molecule has 2 nitrogen and oxygen atoms in total. The maximum atomic E-state index is 13.5.